The standard InChI is InChI=1S/C15H30N2O2/c1-5-8-11(2)16-15(19)12(3)17(4)13-9-6-7-10-14(13)18/h11-14,18H,5-10H2,1-4H3,(H,16,19). The van der Waals surface area contributed by atoms with Gasteiger partial charge in [-0.2, -0.15) is 0 Å². The van der Waals surface area contributed by atoms with E-state index < -0.39 is 0 Å². The lowest BCUT2D eigenvalue weighted by atomic mass is 9.91. The van der Waals surface area contributed by atoms with Crippen molar-refractivity contribution in [1.82, 2.24) is 10.2 Å². The summed E-state index contributed by atoms with van der Waals surface area (Å²) in [5.41, 5.74) is 0. The van der Waals surface area contributed by atoms with Gasteiger partial charge in [0.05, 0.1) is 12.1 Å². The number of aliphatic hydroxyl groups excluding tert-OH is 1. The van der Waals surface area contributed by atoms with Gasteiger partial charge >= 0.3 is 0 Å². The Hall–Kier alpha value is -0.610. The molecule has 0 bridgehead atoms. The molecule has 0 saturated heterocycles. The summed E-state index contributed by atoms with van der Waals surface area (Å²) in [5.74, 6) is 0.0706. The van der Waals surface area contributed by atoms with Crippen molar-refractivity contribution < 1.29 is 9.90 Å². The van der Waals surface area contributed by atoms with Crippen LogP contribution < -0.4 is 5.32 Å². The number of hydrogen-bond acceptors (Lipinski definition) is 3. The number of nitrogens with one attached hydrogen (secondary N) is 1. The van der Waals surface area contributed by atoms with Crippen LogP contribution in [0.4, 0.5) is 0 Å². The average Bonchev–Trinajstić information content (AvgIpc) is 2.37. The Balaban J connectivity index is 2.50. The maximum Gasteiger partial charge on any atom is 0.237 e. The number of aliphatic hydroxyl groups is 1. The summed E-state index contributed by atoms with van der Waals surface area (Å²) >= 11 is 0. The van der Waals surface area contributed by atoms with Crippen molar-refractivity contribution in [1.29, 1.82) is 0 Å². The molecule has 4 unspecified atom stereocenters. The second-order valence-electron chi connectivity index (χ2n) is 5.96. The fourth-order valence-electron chi connectivity index (χ4n) is 2.91. The van der Waals surface area contributed by atoms with Crippen LogP contribution in [0.1, 0.15) is 59.3 Å². The zero-order valence-electron chi connectivity index (χ0n) is 12.9. The lowest BCUT2D eigenvalue weighted by Crippen LogP contribution is -2.53. The van der Waals surface area contributed by atoms with E-state index in [0.29, 0.717) is 0 Å². The summed E-state index contributed by atoms with van der Waals surface area (Å²) in [6, 6.07) is 0.165. The first-order valence-corrected chi connectivity index (χ1v) is 7.67. The first-order valence-electron chi connectivity index (χ1n) is 7.67. The third-order valence-corrected chi connectivity index (χ3v) is 4.32. The molecule has 0 aromatic rings. The lowest BCUT2D eigenvalue weighted by molar-refractivity contribution is -0.128. The van der Waals surface area contributed by atoms with Gasteiger partial charge in [-0.05, 0) is 40.2 Å². The Kier molecular flexibility index (Phi) is 6.80. The Morgan fingerprint density at radius 2 is 2.00 bits per heavy atom. The van der Waals surface area contributed by atoms with Gasteiger partial charge in [-0.25, -0.2) is 0 Å². The Labute approximate surface area is 117 Å². The van der Waals surface area contributed by atoms with Gasteiger partial charge < -0.3 is 10.4 Å². The van der Waals surface area contributed by atoms with Gasteiger partial charge in [0.15, 0.2) is 0 Å². The monoisotopic (exact) mass is 270 g/mol. The third-order valence-electron chi connectivity index (χ3n) is 4.32. The van der Waals surface area contributed by atoms with E-state index in [0.717, 1.165) is 38.5 Å². The second-order valence-corrected chi connectivity index (χ2v) is 5.96. The van der Waals surface area contributed by atoms with E-state index in [1.807, 2.05) is 25.8 Å². The molecule has 19 heavy (non-hydrogen) atoms. The van der Waals surface area contributed by atoms with Crippen LogP contribution in [0.5, 0.6) is 0 Å². The molecular weight excluding hydrogens is 240 g/mol. The van der Waals surface area contributed by atoms with Gasteiger partial charge in [0.25, 0.3) is 0 Å². The molecule has 2 N–H and O–H groups in total. The molecule has 1 fully saturated rings. The molecule has 0 aromatic carbocycles. The summed E-state index contributed by atoms with van der Waals surface area (Å²) in [6.45, 7) is 6.09. The van der Waals surface area contributed by atoms with Crippen molar-refractivity contribution in [2.75, 3.05) is 7.05 Å². The number of carbonyl (C=O) groups is 1. The quantitative estimate of drug-likeness (QED) is 0.775. The molecule has 0 spiro atoms. The molecule has 0 radical (unpaired) electrons. The molecule has 1 rings (SSSR count). The number of likely N-dealkylation sites (N-methyl/N-ethyl adjacent to an activating group) is 1. The van der Waals surface area contributed by atoms with Crippen LogP contribution in [0.15, 0.2) is 0 Å². The Morgan fingerprint density at radius 1 is 1.37 bits per heavy atom. The zero-order valence-corrected chi connectivity index (χ0v) is 12.9. The van der Waals surface area contributed by atoms with Crippen molar-refractivity contribution >= 4 is 5.91 Å². The SMILES string of the molecule is CCCC(C)NC(=O)C(C)N(C)C1CCCCC1O. The van der Waals surface area contributed by atoms with E-state index in [4.69, 9.17) is 0 Å². The van der Waals surface area contributed by atoms with E-state index in [9.17, 15) is 9.90 Å². The molecule has 0 aromatic heterocycles. The third kappa shape index (κ3) is 4.77. The molecule has 112 valence electrons. The van der Waals surface area contributed by atoms with Crippen LogP contribution in [0.25, 0.3) is 0 Å². The minimum atomic E-state index is -0.290. The fourth-order valence-corrected chi connectivity index (χ4v) is 2.91. The van der Waals surface area contributed by atoms with Gasteiger partial charge in [0, 0.05) is 12.1 Å². The highest BCUT2D eigenvalue weighted by Crippen LogP contribution is 2.23. The molecule has 0 heterocycles. The van der Waals surface area contributed by atoms with Crippen LogP contribution >= 0.6 is 0 Å². The normalized spacial score (nSPS) is 27.1. The summed E-state index contributed by atoms with van der Waals surface area (Å²) in [7, 11) is 1.95. The molecule has 1 aliphatic carbocycles. The van der Waals surface area contributed by atoms with Crippen molar-refractivity contribution in [3.05, 3.63) is 0 Å². The molecule has 4 atom stereocenters. The van der Waals surface area contributed by atoms with Crippen LogP contribution in [-0.2, 0) is 4.79 Å². The van der Waals surface area contributed by atoms with E-state index in [1.54, 1.807) is 0 Å². The second kappa shape index (κ2) is 7.85. The first kappa shape index (κ1) is 16.4. The molecule has 0 aliphatic heterocycles. The maximum absolute atomic E-state index is 12.2. The number of nitrogens with zero attached hydrogens (tertiary/aromatic N) is 1. The van der Waals surface area contributed by atoms with Crippen LogP contribution in [0, 0.1) is 0 Å². The highest BCUT2D eigenvalue weighted by molar-refractivity contribution is 5.81. The van der Waals surface area contributed by atoms with E-state index >= 15 is 0 Å². The fraction of sp³-hybridized carbons (Fsp3) is 0.933. The largest absolute Gasteiger partial charge is 0.391 e. The molecule has 1 aliphatic rings. The van der Waals surface area contributed by atoms with Crippen molar-refractivity contribution in [2.45, 2.75) is 83.5 Å². The van der Waals surface area contributed by atoms with Gasteiger partial charge in [0.1, 0.15) is 0 Å². The van der Waals surface area contributed by atoms with Crippen molar-refractivity contribution in [3.63, 3.8) is 0 Å². The maximum atomic E-state index is 12.2. The number of hydrogen-bond donors (Lipinski definition) is 2. The van der Waals surface area contributed by atoms with Crippen LogP contribution in [0.2, 0.25) is 0 Å². The smallest absolute Gasteiger partial charge is 0.237 e. The molecule has 4 heteroatoms. The van der Waals surface area contributed by atoms with E-state index in [2.05, 4.69) is 12.2 Å². The molecular formula is C15H30N2O2. The topological polar surface area (TPSA) is 52.6 Å². The minimum Gasteiger partial charge on any atom is -0.391 e. The predicted molar refractivity (Wildman–Crippen MR) is 78.0 cm³/mol. The van der Waals surface area contributed by atoms with E-state index in [1.165, 1.54) is 0 Å². The number of rotatable bonds is 6. The highest BCUT2D eigenvalue weighted by Gasteiger charge is 2.31. The molecule has 1 amide bonds. The highest BCUT2D eigenvalue weighted by atomic mass is 16.3. The number of carbonyl (C=O) groups excluding carboxylic acids is 1. The van der Waals surface area contributed by atoms with E-state index in [-0.39, 0.29) is 30.1 Å². The van der Waals surface area contributed by atoms with Crippen molar-refractivity contribution in [2.24, 2.45) is 0 Å². The van der Waals surface area contributed by atoms with Crippen LogP contribution in [-0.4, -0.2) is 47.2 Å². The summed E-state index contributed by atoms with van der Waals surface area (Å²) in [5, 5.41) is 13.1. The molecule has 1 saturated carbocycles. The summed E-state index contributed by atoms with van der Waals surface area (Å²) < 4.78 is 0. The Bertz CT molecular complexity index is 283. The summed E-state index contributed by atoms with van der Waals surface area (Å²) in [6.07, 6.45) is 5.88. The van der Waals surface area contributed by atoms with Gasteiger partial charge in [-0.15, -0.1) is 0 Å². The minimum absolute atomic E-state index is 0.0706. The first-order chi connectivity index (χ1) is 8.97. The zero-order chi connectivity index (χ0) is 14.4. The lowest BCUT2D eigenvalue weighted by Gasteiger charge is -2.38. The van der Waals surface area contributed by atoms with Crippen LogP contribution in [0.3, 0.4) is 0 Å². The van der Waals surface area contributed by atoms with Gasteiger partial charge in [-0.1, -0.05) is 26.2 Å². The van der Waals surface area contributed by atoms with Gasteiger partial charge in [-0.3, -0.25) is 9.69 Å². The van der Waals surface area contributed by atoms with Crippen molar-refractivity contribution in [3.8, 4) is 0 Å². The number of amides is 1. The van der Waals surface area contributed by atoms with Gasteiger partial charge in [0.2, 0.25) is 5.91 Å². The summed E-state index contributed by atoms with van der Waals surface area (Å²) in [4.78, 5) is 14.2. The predicted octanol–water partition coefficient (Wildman–Crippen LogP) is 1.91. The average molecular weight is 270 g/mol. The Morgan fingerprint density at radius 3 is 2.58 bits per heavy atom. The molecule has 4 nitrogen and oxygen atoms in total.